The zero-order valence-corrected chi connectivity index (χ0v) is 11.7. The Bertz CT molecular complexity index is 434. The maximum atomic E-state index is 11.6. The molecule has 1 atom stereocenters. The van der Waals surface area contributed by atoms with Crippen molar-refractivity contribution < 1.29 is 14.3 Å². The van der Waals surface area contributed by atoms with Crippen LogP contribution in [0.15, 0.2) is 24.3 Å². The SMILES string of the molecule is CCNC(=O)[C@@H](C)NC(=O)COc1ccc(Cl)cc1. The van der Waals surface area contributed by atoms with Crippen LogP contribution in [0.4, 0.5) is 0 Å². The van der Waals surface area contributed by atoms with E-state index in [4.69, 9.17) is 16.3 Å². The molecule has 0 unspecified atom stereocenters. The van der Waals surface area contributed by atoms with E-state index in [-0.39, 0.29) is 18.4 Å². The lowest BCUT2D eigenvalue weighted by atomic mass is 10.3. The van der Waals surface area contributed by atoms with Crippen LogP contribution in [0.5, 0.6) is 5.75 Å². The lowest BCUT2D eigenvalue weighted by molar-refractivity contribution is -0.129. The van der Waals surface area contributed by atoms with Crippen molar-refractivity contribution in [2.45, 2.75) is 19.9 Å². The normalized spacial score (nSPS) is 11.5. The monoisotopic (exact) mass is 284 g/mol. The molecule has 0 saturated carbocycles. The minimum atomic E-state index is -0.582. The molecule has 0 bridgehead atoms. The van der Waals surface area contributed by atoms with Gasteiger partial charge in [-0.2, -0.15) is 0 Å². The molecular formula is C13H17ClN2O3. The van der Waals surface area contributed by atoms with E-state index in [9.17, 15) is 9.59 Å². The second kappa shape index (κ2) is 7.63. The van der Waals surface area contributed by atoms with E-state index >= 15 is 0 Å². The number of benzene rings is 1. The molecule has 2 amide bonds. The van der Waals surface area contributed by atoms with Crippen LogP contribution in [-0.2, 0) is 9.59 Å². The third-order valence-corrected chi connectivity index (χ3v) is 2.56. The van der Waals surface area contributed by atoms with Crippen LogP contribution in [-0.4, -0.2) is 31.0 Å². The van der Waals surface area contributed by atoms with Crippen LogP contribution >= 0.6 is 11.6 Å². The van der Waals surface area contributed by atoms with Crippen molar-refractivity contribution in [3.63, 3.8) is 0 Å². The number of rotatable bonds is 6. The summed E-state index contributed by atoms with van der Waals surface area (Å²) in [5, 5.41) is 5.76. The molecule has 1 aromatic carbocycles. The summed E-state index contributed by atoms with van der Waals surface area (Å²) >= 11 is 5.73. The molecule has 0 aliphatic heterocycles. The summed E-state index contributed by atoms with van der Waals surface area (Å²) in [4.78, 5) is 23.0. The molecule has 0 aliphatic rings. The van der Waals surface area contributed by atoms with Crippen LogP contribution in [0, 0.1) is 0 Å². The summed E-state index contributed by atoms with van der Waals surface area (Å²) in [6, 6.07) is 6.10. The Hall–Kier alpha value is -1.75. The van der Waals surface area contributed by atoms with Crippen LogP contribution < -0.4 is 15.4 Å². The molecule has 0 aliphatic carbocycles. The Morgan fingerprint density at radius 3 is 2.53 bits per heavy atom. The van der Waals surface area contributed by atoms with Gasteiger partial charge in [-0.05, 0) is 38.1 Å². The van der Waals surface area contributed by atoms with Crippen molar-refractivity contribution in [1.82, 2.24) is 10.6 Å². The van der Waals surface area contributed by atoms with Crippen molar-refractivity contribution in [3.8, 4) is 5.75 Å². The fraction of sp³-hybridized carbons (Fsp3) is 0.385. The zero-order chi connectivity index (χ0) is 14.3. The molecular weight excluding hydrogens is 268 g/mol. The average Bonchev–Trinajstić information content (AvgIpc) is 2.38. The molecule has 0 radical (unpaired) electrons. The predicted octanol–water partition coefficient (Wildman–Crippen LogP) is 1.36. The van der Waals surface area contributed by atoms with Gasteiger partial charge in [0, 0.05) is 11.6 Å². The van der Waals surface area contributed by atoms with Crippen LogP contribution in [0.25, 0.3) is 0 Å². The average molecular weight is 285 g/mol. The first-order valence-corrected chi connectivity index (χ1v) is 6.36. The van der Waals surface area contributed by atoms with E-state index in [0.717, 1.165) is 0 Å². The number of hydrogen-bond acceptors (Lipinski definition) is 3. The molecule has 5 nitrogen and oxygen atoms in total. The number of hydrogen-bond donors (Lipinski definition) is 2. The molecule has 1 rings (SSSR count). The van der Waals surface area contributed by atoms with Gasteiger partial charge in [0.25, 0.3) is 5.91 Å². The van der Waals surface area contributed by atoms with E-state index in [1.165, 1.54) is 0 Å². The van der Waals surface area contributed by atoms with Gasteiger partial charge in [-0.15, -0.1) is 0 Å². The smallest absolute Gasteiger partial charge is 0.258 e. The minimum Gasteiger partial charge on any atom is -0.484 e. The molecule has 0 spiro atoms. The van der Waals surface area contributed by atoms with Gasteiger partial charge in [0.05, 0.1) is 0 Å². The van der Waals surface area contributed by atoms with Gasteiger partial charge in [-0.3, -0.25) is 9.59 Å². The van der Waals surface area contributed by atoms with E-state index in [1.807, 2.05) is 6.92 Å². The van der Waals surface area contributed by atoms with Crippen molar-refractivity contribution in [2.75, 3.05) is 13.2 Å². The van der Waals surface area contributed by atoms with E-state index in [0.29, 0.717) is 17.3 Å². The summed E-state index contributed by atoms with van der Waals surface area (Å²) in [7, 11) is 0. The second-order valence-corrected chi connectivity index (χ2v) is 4.36. The van der Waals surface area contributed by atoms with Gasteiger partial charge < -0.3 is 15.4 Å². The fourth-order valence-electron chi connectivity index (χ4n) is 1.36. The van der Waals surface area contributed by atoms with Crippen molar-refractivity contribution in [3.05, 3.63) is 29.3 Å². The molecule has 2 N–H and O–H groups in total. The molecule has 0 saturated heterocycles. The van der Waals surface area contributed by atoms with Gasteiger partial charge >= 0.3 is 0 Å². The molecule has 1 aromatic rings. The maximum absolute atomic E-state index is 11.6. The van der Waals surface area contributed by atoms with Gasteiger partial charge in [-0.1, -0.05) is 11.6 Å². The van der Waals surface area contributed by atoms with E-state index < -0.39 is 6.04 Å². The highest BCUT2D eigenvalue weighted by atomic mass is 35.5. The first-order valence-electron chi connectivity index (χ1n) is 5.98. The van der Waals surface area contributed by atoms with Gasteiger partial charge in [0.1, 0.15) is 11.8 Å². The molecule has 0 fully saturated rings. The summed E-state index contributed by atoms with van der Waals surface area (Å²) < 4.78 is 5.26. The topological polar surface area (TPSA) is 67.4 Å². The van der Waals surface area contributed by atoms with Crippen molar-refractivity contribution in [1.29, 1.82) is 0 Å². The highest BCUT2D eigenvalue weighted by Gasteiger charge is 2.14. The summed E-state index contributed by atoms with van der Waals surface area (Å²) in [6.45, 7) is 3.81. The number of carbonyl (C=O) groups is 2. The van der Waals surface area contributed by atoms with E-state index in [2.05, 4.69) is 10.6 Å². The largest absolute Gasteiger partial charge is 0.484 e. The third kappa shape index (κ3) is 5.61. The van der Waals surface area contributed by atoms with E-state index in [1.54, 1.807) is 31.2 Å². The number of ether oxygens (including phenoxy) is 1. The Labute approximate surface area is 117 Å². The fourth-order valence-corrected chi connectivity index (χ4v) is 1.48. The Morgan fingerprint density at radius 1 is 1.32 bits per heavy atom. The Morgan fingerprint density at radius 2 is 1.95 bits per heavy atom. The number of halogens is 1. The third-order valence-electron chi connectivity index (χ3n) is 2.31. The number of carbonyl (C=O) groups excluding carboxylic acids is 2. The predicted molar refractivity (Wildman–Crippen MR) is 73.2 cm³/mol. The highest BCUT2D eigenvalue weighted by molar-refractivity contribution is 6.30. The summed E-state index contributed by atoms with van der Waals surface area (Å²) in [5.41, 5.74) is 0. The van der Waals surface area contributed by atoms with Gasteiger partial charge in [0.15, 0.2) is 6.61 Å². The van der Waals surface area contributed by atoms with Gasteiger partial charge in [0.2, 0.25) is 5.91 Å². The standard InChI is InChI=1S/C13H17ClN2O3/c1-3-15-13(18)9(2)16-12(17)8-19-11-6-4-10(14)5-7-11/h4-7,9H,3,8H2,1-2H3,(H,15,18)(H,16,17)/t9-/m1/s1. The molecule has 104 valence electrons. The summed E-state index contributed by atoms with van der Waals surface area (Å²) in [6.07, 6.45) is 0. The molecule has 0 aromatic heterocycles. The zero-order valence-electron chi connectivity index (χ0n) is 10.9. The molecule has 0 heterocycles. The lowest BCUT2D eigenvalue weighted by Crippen LogP contribution is -2.46. The first kappa shape index (κ1) is 15.3. The lowest BCUT2D eigenvalue weighted by Gasteiger charge is -2.13. The van der Waals surface area contributed by atoms with Crippen molar-refractivity contribution >= 4 is 23.4 Å². The number of likely N-dealkylation sites (N-methyl/N-ethyl adjacent to an activating group) is 1. The van der Waals surface area contributed by atoms with Crippen LogP contribution in [0.2, 0.25) is 5.02 Å². The minimum absolute atomic E-state index is 0.147. The van der Waals surface area contributed by atoms with Crippen LogP contribution in [0.1, 0.15) is 13.8 Å². The summed E-state index contributed by atoms with van der Waals surface area (Å²) in [5.74, 6) is -0.0266. The quantitative estimate of drug-likeness (QED) is 0.829. The van der Waals surface area contributed by atoms with Gasteiger partial charge in [-0.25, -0.2) is 0 Å². The molecule has 6 heteroatoms. The maximum Gasteiger partial charge on any atom is 0.258 e. The highest BCUT2D eigenvalue weighted by Crippen LogP contribution is 2.15. The Kier molecular flexibility index (Phi) is 6.15. The first-order chi connectivity index (χ1) is 9.02. The Balaban J connectivity index is 2.35. The number of nitrogens with one attached hydrogen (secondary N) is 2. The van der Waals surface area contributed by atoms with Crippen LogP contribution in [0.3, 0.4) is 0 Å². The molecule has 19 heavy (non-hydrogen) atoms. The number of amides is 2. The van der Waals surface area contributed by atoms with Crippen molar-refractivity contribution in [2.24, 2.45) is 0 Å². The second-order valence-electron chi connectivity index (χ2n) is 3.93.